The molecule has 4 rings (SSSR count). The fraction of sp³-hybridized carbons (Fsp3) is 0.571. The Morgan fingerprint density at radius 3 is 2.43 bits per heavy atom. The van der Waals surface area contributed by atoms with E-state index in [2.05, 4.69) is 5.10 Å². The third-order valence-corrected chi connectivity index (χ3v) is 6.18. The van der Waals surface area contributed by atoms with Gasteiger partial charge in [-0.3, -0.25) is 4.68 Å². The Bertz CT molecular complexity index is 799. The van der Waals surface area contributed by atoms with Crippen molar-refractivity contribution in [3.8, 4) is 0 Å². The van der Waals surface area contributed by atoms with Crippen LogP contribution in [0.2, 0.25) is 0 Å². The van der Waals surface area contributed by atoms with Crippen molar-refractivity contribution in [3.05, 3.63) is 48.3 Å². The van der Waals surface area contributed by atoms with Gasteiger partial charge in [0.05, 0.1) is 36.1 Å². The molecule has 150 valence electrons. The lowest BCUT2D eigenvalue weighted by Gasteiger charge is -2.43. The van der Waals surface area contributed by atoms with Gasteiger partial charge in [-0.15, -0.1) is 0 Å². The minimum Gasteiger partial charge on any atom is -0.399 e. The number of hydrogen-bond acceptors (Lipinski definition) is 5. The van der Waals surface area contributed by atoms with Gasteiger partial charge < -0.3 is 19.2 Å². The van der Waals surface area contributed by atoms with Gasteiger partial charge in [-0.1, -0.05) is 30.3 Å². The van der Waals surface area contributed by atoms with E-state index in [9.17, 15) is 5.11 Å². The molecule has 0 spiro atoms. The minimum absolute atomic E-state index is 0.0864. The molecule has 0 bridgehead atoms. The van der Waals surface area contributed by atoms with E-state index in [0.29, 0.717) is 26.0 Å². The first-order valence-corrected chi connectivity index (χ1v) is 9.92. The van der Waals surface area contributed by atoms with Crippen molar-refractivity contribution in [1.82, 2.24) is 9.78 Å². The highest BCUT2D eigenvalue weighted by atomic mass is 16.7. The predicted molar refractivity (Wildman–Crippen MR) is 107 cm³/mol. The molecule has 1 aromatic heterocycles. The number of benzene rings is 1. The van der Waals surface area contributed by atoms with Gasteiger partial charge in [-0.05, 0) is 33.3 Å². The van der Waals surface area contributed by atoms with Gasteiger partial charge in [0.25, 0.3) is 0 Å². The Kier molecular flexibility index (Phi) is 4.90. The van der Waals surface area contributed by atoms with Crippen molar-refractivity contribution in [2.45, 2.75) is 76.6 Å². The zero-order valence-corrected chi connectivity index (χ0v) is 17.1. The highest BCUT2D eigenvalue weighted by Gasteiger charge is 2.52. The van der Waals surface area contributed by atoms with E-state index < -0.39 is 12.7 Å². The molecule has 0 radical (unpaired) electrons. The molecular weight excluding hydrogens is 355 g/mol. The van der Waals surface area contributed by atoms with E-state index in [1.54, 1.807) is 10.9 Å². The summed E-state index contributed by atoms with van der Waals surface area (Å²) in [6.45, 7) is 9.15. The van der Waals surface area contributed by atoms with E-state index in [1.807, 2.05) is 64.2 Å². The summed E-state index contributed by atoms with van der Waals surface area (Å²) >= 11 is 0. The SMILES string of the molecule is CC1(C)OB(c2cnn(CC3(O)CC(OCc4ccccc4)C3)c2)OC1(C)C. The summed E-state index contributed by atoms with van der Waals surface area (Å²) in [6, 6.07) is 10.1. The number of aliphatic hydroxyl groups is 1. The van der Waals surface area contributed by atoms with Crippen molar-refractivity contribution < 1.29 is 19.2 Å². The molecule has 1 aromatic carbocycles. The first-order valence-electron chi connectivity index (χ1n) is 9.92. The largest absolute Gasteiger partial charge is 0.498 e. The molecule has 6 nitrogen and oxygen atoms in total. The Labute approximate surface area is 166 Å². The highest BCUT2D eigenvalue weighted by Crippen LogP contribution is 2.37. The lowest BCUT2D eigenvalue weighted by atomic mass is 9.77. The van der Waals surface area contributed by atoms with Crippen molar-refractivity contribution in [2.24, 2.45) is 0 Å². The standard InChI is InChI=1S/C21H29BN2O4/c1-19(2)20(3,4)28-22(27-19)17-12-23-24(13-17)15-21(25)10-18(11-21)26-14-16-8-6-5-7-9-16/h5-9,12-13,18,25H,10-11,14-15H2,1-4H3. The topological polar surface area (TPSA) is 65.7 Å². The Balaban J connectivity index is 1.29. The molecule has 28 heavy (non-hydrogen) atoms. The molecule has 1 N–H and O–H groups in total. The van der Waals surface area contributed by atoms with Crippen LogP contribution in [0.4, 0.5) is 0 Å². The second kappa shape index (κ2) is 6.99. The first kappa shape index (κ1) is 19.6. The molecule has 0 atom stereocenters. The van der Waals surface area contributed by atoms with Gasteiger partial charge >= 0.3 is 7.12 Å². The van der Waals surface area contributed by atoms with Gasteiger partial charge in [0.15, 0.2) is 0 Å². The molecule has 1 aliphatic carbocycles. The van der Waals surface area contributed by atoms with Crippen LogP contribution in [-0.4, -0.2) is 44.9 Å². The van der Waals surface area contributed by atoms with Crippen LogP contribution in [0.25, 0.3) is 0 Å². The second-order valence-electron chi connectivity index (χ2n) is 9.11. The first-order chi connectivity index (χ1) is 13.2. The maximum absolute atomic E-state index is 10.8. The number of aromatic nitrogens is 2. The van der Waals surface area contributed by atoms with E-state index >= 15 is 0 Å². The maximum Gasteiger partial charge on any atom is 0.498 e. The summed E-state index contributed by atoms with van der Waals surface area (Å²) in [7, 11) is -0.434. The van der Waals surface area contributed by atoms with E-state index in [4.69, 9.17) is 14.0 Å². The summed E-state index contributed by atoms with van der Waals surface area (Å²) in [6.07, 6.45) is 4.98. The van der Waals surface area contributed by atoms with Crippen molar-refractivity contribution in [1.29, 1.82) is 0 Å². The molecule has 1 saturated heterocycles. The normalized spacial score (nSPS) is 28.3. The lowest BCUT2D eigenvalue weighted by molar-refractivity contribution is -0.152. The minimum atomic E-state index is -0.777. The van der Waals surface area contributed by atoms with E-state index in [-0.39, 0.29) is 17.3 Å². The zero-order chi connectivity index (χ0) is 20.0. The number of ether oxygens (including phenoxy) is 1. The summed E-state index contributed by atoms with van der Waals surface area (Å²) in [5.74, 6) is 0. The third kappa shape index (κ3) is 3.89. The van der Waals surface area contributed by atoms with Crippen LogP contribution in [0.5, 0.6) is 0 Å². The molecule has 2 fully saturated rings. The molecule has 2 heterocycles. The van der Waals surface area contributed by atoms with E-state index in [0.717, 1.165) is 11.0 Å². The lowest BCUT2D eigenvalue weighted by Crippen LogP contribution is -2.51. The molecule has 7 heteroatoms. The Hall–Kier alpha value is -1.67. The molecule has 0 unspecified atom stereocenters. The molecule has 2 aromatic rings. The van der Waals surface area contributed by atoms with Crippen LogP contribution >= 0.6 is 0 Å². The second-order valence-corrected chi connectivity index (χ2v) is 9.11. The van der Waals surface area contributed by atoms with Crippen LogP contribution in [0.15, 0.2) is 42.7 Å². The number of hydrogen-bond donors (Lipinski definition) is 1. The van der Waals surface area contributed by atoms with Gasteiger partial charge in [0.2, 0.25) is 0 Å². The monoisotopic (exact) mass is 384 g/mol. The van der Waals surface area contributed by atoms with Crippen LogP contribution in [0.1, 0.15) is 46.1 Å². The maximum atomic E-state index is 10.8. The fourth-order valence-corrected chi connectivity index (χ4v) is 3.69. The van der Waals surface area contributed by atoms with Gasteiger partial charge in [0.1, 0.15) is 0 Å². The van der Waals surface area contributed by atoms with Crippen LogP contribution in [0, 0.1) is 0 Å². The molecule has 2 aliphatic rings. The van der Waals surface area contributed by atoms with Gasteiger partial charge in [0, 0.05) is 30.7 Å². The van der Waals surface area contributed by atoms with Crippen molar-refractivity contribution in [3.63, 3.8) is 0 Å². The van der Waals surface area contributed by atoms with Gasteiger partial charge in [-0.2, -0.15) is 5.10 Å². The van der Waals surface area contributed by atoms with Crippen molar-refractivity contribution in [2.75, 3.05) is 0 Å². The van der Waals surface area contributed by atoms with E-state index in [1.165, 1.54) is 0 Å². The third-order valence-electron chi connectivity index (χ3n) is 6.18. The Morgan fingerprint density at radius 1 is 1.14 bits per heavy atom. The fourth-order valence-electron chi connectivity index (χ4n) is 3.69. The molecule has 0 amide bonds. The zero-order valence-electron chi connectivity index (χ0n) is 17.1. The van der Waals surface area contributed by atoms with Crippen LogP contribution < -0.4 is 5.46 Å². The highest BCUT2D eigenvalue weighted by molar-refractivity contribution is 6.61. The quantitative estimate of drug-likeness (QED) is 0.775. The van der Waals surface area contributed by atoms with Gasteiger partial charge in [-0.25, -0.2) is 0 Å². The predicted octanol–water partition coefficient (Wildman–Crippen LogP) is 2.29. The van der Waals surface area contributed by atoms with Crippen LogP contribution in [-0.2, 0) is 27.2 Å². The smallest absolute Gasteiger partial charge is 0.399 e. The number of rotatable bonds is 6. The molecule has 1 saturated carbocycles. The summed E-state index contributed by atoms with van der Waals surface area (Å²) in [5.41, 5.74) is 0.487. The molecule has 1 aliphatic heterocycles. The summed E-state index contributed by atoms with van der Waals surface area (Å²) < 4.78 is 19.8. The van der Waals surface area contributed by atoms with Crippen LogP contribution in [0.3, 0.4) is 0 Å². The average molecular weight is 384 g/mol. The summed E-state index contributed by atoms with van der Waals surface area (Å²) in [5, 5.41) is 15.2. The van der Waals surface area contributed by atoms with Crippen molar-refractivity contribution >= 4 is 12.6 Å². The average Bonchev–Trinajstić information content (AvgIpc) is 3.14. The summed E-state index contributed by atoms with van der Waals surface area (Å²) in [4.78, 5) is 0. The Morgan fingerprint density at radius 2 is 1.79 bits per heavy atom. The molecular formula is C21H29BN2O4. The number of nitrogens with zero attached hydrogens (tertiary/aromatic N) is 2.